The predicted octanol–water partition coefficient (Wildman–Crippen LogP) is 4.64. The smallest absolute Gasteiger partial charge is 0.410 e. The van der Waals surface area contributed by atoms with E-state index in [9.17, 15) is 14.0 Å². The van der Waals surface area contributed by atoms with E-state index in [4.69, 9.17) is 4.74 Å². The summed E-state index contributed by atoms with van der Waals surface area (Å²) in [6.07, 6.45) is 5.19. The van der Waals surface area contributed by atoms with Crippen LogP contribution in [0.5, 0.6) is 0 Å². The van der Waals surface area contributed by atoms with Crippen LogP contribution in [0.15, 0.2) is 18.5 Å². The number of carbonyl (C=O) groups excluding carboxylic acids is 2. The molecule has 3 N–H and O–H groups in total. The minimum absolute atomic E-state index is 0.265. The number of aryl methyl sites for hydroxylation is 1. The first kappa shape index (κ1) is 31.3. The normalized spacial score (nSPS) is 11.6. The van der Waals surface area contributed by atoms with Gasteiger partial charge in [0.15, 0.2) is 0 Å². The van der Waals surface area contributed by atoms with Crippen LogP contribution < -0.4 is 16.0 Å². The van der Waals surface area contributed by atoms with Gasteiger partial charge in [0.2, 0.25) is 11.9 Å². The molecule has 2 aromatic heterocycles. The van der Waals surface area contributed by atoms with Crippen molar-refractivity contribution in [2.24, 2.45) is 0 Å². The van der Waals surface area contributed by atoms with Gasteiger partial charge in [-0.15, -0.1) is 0 Å². The number of ether oxygens (including phenoxy) is 1. The summed E-state index contributed by atoms with van der Waals surface area (Å²) in [5.74, 6) is 6.41. The van der Waals surface area contributed by atoms with Crippen LogP contribution in [0.2, 0.25) is 0 Å². The summed E-state index contributed by atoms with van der Waals surface area (Å²) in [4.78, 5) is 38.8. The van der Waals surface area contributed by atoms with Crippen molar-refractivity contribution in [3.05, 3.63) is 35.5 Å². The molecule has 0 aromatic carbocycles. The monoisotopic (exact) mass is 541 g/mol. The third-order valence-corrected chi connectivity index (χ3v) is 5.48. The molecule has 0 aliphatic heterocycles. The van der Waals surface area contributed by atoms with E-state index in [2.05, 4.69) is 42.7 Å². The Morgan fingerprint density at radius 2 is 1.92 bits per heavy atom. The molecule has 2 aromatic rings. The lowest BCUT2D eigenvalue weighted by atomic mass is 10.2. The maximum Gasteiger partial charge on any atom is 0.410 e. The van der Waals surface area contributed by atoms with Crippen LogP contribution in [0, 0.1) is 17.7 Å². The standard InChI is InChI=1S/C28H40FN7O3/c1-8-14-30-24-20(17-33-26(35-24)34-21-16-22(29)23(9-2)32-18-21)13-11-10-12-15-31-25(37)19(3)36(7)27(38)39-28(4,5)6/h16-19H,8-10,12,14-15H2,1-7H3,(H,31,37)(H2,30,33,34,35)/t19-/m0/s1. The third kappa shape index (κ3) is 10.4. The number of hydrogen-bond acceptors (Lipinski definition) is 8. The van der Waals surface area contributed by atoms with Gasteiger partial charge in [-0.2, -0.15) is 4.98 Å². The summed E-state index contributed by atoms with van der Waals surface area (Å²) in [7, 11) is 1.54. The van der Waals surface area contributed by atoms with E-state index >= 15 is 0 Å². The Balaban J connectivity index is 1.93. The van der Waals surface area contributed by atoms with Crippen molar-refractivity contribution in [2.75, 3.05) is 30.8 Å². The molecule has 0 bridgehead atoms. The Morgan fingerprint density at radius 1 is 1.18 bits per heavy atom. The van der Waals surface area contributed by atoms with Crippen LogP contribution in [0.1, 0.15) is 72.1 Å². The zero-order valence-electron chi connectivity index (χ0n) is 23.9. The van der Waals surface area contributed by atoms with Crippen molar-refractivity contribution in [1.82, 2.24) is 25.2 Å². The molecule has 2 amide bonds. The summed E-state index contributed by atoms with van der Waals surface area (Å²) in [5, 5.41) is 9.06. The summed E-state index contributed by atoms with van der Waals surface area (Å²) in [6, 6.07) is 0.705. The number of carbonyl (C=O) groups is 2. The van der Waals surface area contributed by atoms with E-state index in [0.29, 0.717) is 61.1 Å². The molecular formula is C28H40FN7O3. The van der Waals surface area contributed by atoms with Crippen molar-refractivity contribution >= 4 is 29.5 Å². The summed E-state index contributed by atoms with van der Waals surface area (Å²) >= 11 is 0. The Bertz CT molecular complexity index is 1190. The summed E-state index contributed by atoms with van der Waals surface area (Å²) < 4.78 is 19.4. The molecule has 212 valence electrons. The lowest BCUT2D eigenvalue weighted by Crippen LogP contribution is -2.47. The lowest BCUT2D eigenvalue weighted by Gasteiger charge is -2.28. The molecule has 0 aliphatic rings. The highest BCUT2D eigenvalue weighted by molar-refractivity contribution is 5.85. The van der Waals surface area contributed by atoms with Crippen LogP contribution in [-0.2, 0) is 16.0 Å². The molecular weight excluding hydrogens is 501 g/mol. The van der Waals surface area contributed by atoms with Gasteiger partial charge in [0.1, 0.15) is 23.3 Å². The maximum absolute atomic E-state index is 14.1. The van der Waals surface area contributed by atoms with Gasteiger partial charge in [-0.1, -0.05) is 25.7 Å². The number of nitrogens with zero attached hydrogens (tertiary/aromatic N) is 4. The molecule has 0 aliphatic carbocycles. The van der Waals surface area contributed by atoms with Crippen molar-refractivity contribution in [3.63, 3.8) is 0 Å². The second-order valence-corrected chi connectivity index (χ2v) is 9.98. The van der Waals surface area contributed by atoms with Crippen LogP contribution in [0.3, 0.4) is 0 Å². The largest absolute Gasteiger partial charge is 0.444 e. The zero-order chi connectivity index (χ0) is 29.0. The molecule has 11 heteroatoms. The van der Waals surface area contributed by atoms with E-state index in [1.54, 1.807) is 40.1 Å². The third-order valence-electron chi connectivity index (χ3n) is 5.48. The first-order valence-corrected chi connectivity index (χ1v) is 13.2. The number of hydrogen-bond donors (Lipinski definition) is 3. The van der Waals surface area contributed by atoms with Crippen LogP contribution in [0.25, 0.3) is 0 Å². The number of amides is 2. The molecule has 2 rings (SSSR count). The minimum Gasteiger partial charge on any atom is -0.444 e. The van der Waals surface area contributed by atoms with Gasteiger partial charge in [0, 0.05) is 32.6 Å². The second-order valence-electron chi connectivity index (χ2n) is 9.98. The second kappa shape index (κ2) is 14.9. The Morgan fingerprint density at radius 3 is 2.56 bits per heavy atom. The molecule has 0 spiro atoms. The van der Waals surface area contributed by atoms with Gasteiger partial charge in [-0.3, -0.25) is 14.7 Å². The Labute approximate surface area is 230 Å². The average molecular weight is 542 g/mol. The van der Waals surface area contributed by atoms with Crippen molar-refractivity contribution in [3.8, 4) is 11.8 Å². The van der Waals surface area contributed by atoms with Crippen molar-refractivity contribution in [1.29, 1.82) is 0 Å². The molecule has 0 unspecified atom stereocenters. The van der Waals surface area contributed by atoms with Crippen LogP contribution >= 0.6 is 0 Å². The molecule has 0 saturated heterocycles. The SMILES string of the molecule is CCCNc1nc(Nc2cnc(CC)c(F)c2)ncc1C#CCCCNC(=O)[C@H](C)N(C)C(=O)OC(C)(C)C. The number of anilines is 3. The predicted molar refractivity (Wildman–Crippen MR) is 150 cm³/mol. The number of aromatic nitrogens is 3. The lowest BCUT2D eigenvalue weighted by molar-refractivity contribution is -0.125. The van der Waals surface area contributed by atoms with Gasteiger partial charge in [-0.25, -0.2) is 14.2 Å². The Kier molecular flexibility index (Phi) is 11.9. The number of likely N-dealkylation sites (N-methyl/N-ethyl adjacent to an activating group) is 1. The molecule has 2 heterocycles. The Hall–Kier alpha value is -3.94. The number of halogens is 1. The highest BCUT2D eigenvalue weighted by Crippen LogP contribution is 2.19. The number of pyridine rings is 1. The zero-order valence-corrected chi connectivity index (χ0v) is 23.9. The molecule has 39 heavy (non-hydrogen) atoms. The molecule has 0 fully saturated rings. The van der Waals surface area contributed by atoms with E-state index in [1.807, 2.05) is 13.8 Å². The molecule has 0 saturated carbocycles. The van der Waals surface area contributed by atoms with E-state index in [0.717, 1.165) is 6.42 Å². The van der Waals surface area contributed by atoms with Gasteiger partial charge >= 0.3 is 6.09 Å². The van der Waals surface area contributed by atoms with Gasteiger partial charge < -0.3 is 20.7 Å². The topological polar surface area (TPSA) is 121 Å². The summed E-state index contributed by atoms with van der Waals surface area (Å²) in [5.41, 5.74) is 0.862. The summed E-state index contributed by atoms with van der Waals surface area (Å²) in [6.45, 7) is 12.0. The highest BCUT2D eigenvalue weighted by Gasteiger charge is 2.26. The van der Waals surface area contributed by atoms with Gasteiger partial charge in [0.05, 0.1) is 29.3 Å². The van der Waals surface area contributed by atoms with E-state index in [1.165, 1.54) is 18.0 Å². The fraction of sp³-hybridized carbons (Fsp3) is 0.536. The van der Waals surface area contributed by atoms with Crippen LogP contribution in [0.4, 0.5) is 26.6 Å². The van der Waals surface area contributed by atoms with E-state index < -0.39 is 17.7 Å². The number of unbranched alkanes of at least 4 members (excludes halogenated alkanes) is 1. The maximum atomic E-state index is 14.1. The van der Waals surface area contributed by atoms with Gasteiger partial charge in [0.25, 0.3) is 0 Å². The van der Waals surface area contributed by atoms with Crippen molar-refractivity contribution < 1.29 is 18.7 Å². The first-order valence-electron chi connectivity index (χ1n) is 13.2. The molecule has 0 radical (unpaired) electrons. The number of rotatable bonds is 11. The number of nitrogens with one attached hydrogen (secondary N) is 3. The molecule has 10 nitrogen and oxygen atoms in total. The van der Waals surface area contributed by atoms with Gasteiger partial charge in [-0.05, 0) is 47.0 Å². The fourth-order valence-corrected chi connectivity index (χ4v) is 3.20. The van der Waals surface area contributed by atoms with E-state index in [-0.39, 0.29) is 11.7 Å². The first-order chi connectivity index (χ1) is 18.4. The quantitative estimate of drug-likeness (QED) is 0.278. The van der Waals surface area contributed by atoms with Crippen molar-refractivity contribution in [2.45, 2.75) is 78.9 Å². The minimum atomic E-state index is -0.667. The highest BCUT2D eigenvalue weighted by atomic mass is 19.1. The fourth-order valence-electron chi connectivity index (χ4n) is 3.20. The van der Waals surface area contributed by atoms with Crippen LogP contribution in [-0.4, -0.2) is 63.6 Å². The molecule has 1 atom stereocenters. The average Bonchev–Trinajstić information content (AvgIpc) is 2.88.